The van der Waals surface area contributed by atoms with Gasteiger partial charge in [-0.25, -0.2) is 0 Å². The number of rotatable bonds is 4. The Hall–Kier alpha value is -0.870. The summed E-state index contributed by atoms with van der Waals surface area (Å²) in [7, 11) is 0. The lowest BCUT2D eigenvalue weighted by molar-refractivity contribution is -0.134. The molecule has 2 aliphatic heterocycles. The lowest BCUT2D eigenvalue weighted by Crippen LogP contribution is -2.50. The number of aliphatic hydroxyl groups excluding tert-OH is 1. The van der Waals surface area contributed by atoms with Gasteiger partial charge in [-0.2, -0.15) is 0 Å². The molecule has 0 aromatic heterocycles. The number of likely N-dealkylation sites (tertiary alicyclic amines) is 1. The molecule has 0 aromatic rings. The molecule has 1 spiro atoms. The minimum atomic E-state index is -0.114. The summed E-state index contributed by atoms with van der Waals surface area (Å²) in [6.45, 7) is 11.3. The molecule has 0 radical (unpaired) electrons. The van der Waals surface area contributed by atoms with Gasteiger partial charge in [0.05, 0.1) is 12.7 Å². The Kier molecular flexibility index (Phi) is 6.63. The molecule has 202 valence electrons. The van der Waals surface area contributed by atoms with E-state index in [4.69, 9.17) is 4.74 Å². The molecule has 4 aliphatic carbocycles. The van der Waals surface area contributed by atoms with Crippen molar-refractivity contribution < 1.29 is 14.6 Å². The molecule has 6 rings (SSSR count). The molecule has 1 N–H and O–H groups in total. The standard InChI is InChI=1S/C32H51NO3/c1-22(4-9-29(35)33-17-14-32(15-18-33)16-19-36-21-32)26-7-8-27-25-6-5-23-20-24(34)10-12-30(23,2)28(25)11-13-31(26,27)3/h5,22,24-28,34H,4,6-21H2,1-3H3/t22-,24+,25+,26-,27+,28+,30+,31-/m1/s1. The van der Waals surface area contributed by atoms with E-state index < -0.39 is 0 Å². The molecule has 4 heteroatoms. The van der Waals surface area contributed by atoms with Gasteiger partial charge in [0, 0.05) is 26.1 Å². The van der Waals surface area contributed by atoms with Crippen LogP contribution in [0.1, 0.15) is 104 Å². The van der Waals surface area contributed by atoms with E-state index in [0.29, 0.717) is 28.1 Å². The van der Waals surface area contributed by atoms with Crippen LogP contribution in [0.5, 0.6) is 0 Å². The number of carbonyl (C=O) groups excluding carboxylic acids is 1. The van der Waals surface area contributed by atoms with Crippen LogP contribution >= 0.6 is 0 Å². The minimum Gasteiger partial charge on any atom is -0.393 e. The molecular formula is C32H51NO3. The summed E-state index contributed by atoms with van der Waals surface area (Å²) in [5, 5.41) is 10.3. The van der Waals surface area contributed by atoms with Crippen LogP contribution in [-0.2, 0) is 9.53 Å². The maximum absolute atomic E-state index is 13.1. The minimum absolute atomic E-state index is 0.114. The van der Waals surface area contributed by atoms with Gasteiger partial charge in [-0.15, -0.1) is 0 Å². The van der Waals surface area contributed by atoms with Crippen LogP contribution in [0, 0.1) is 45.8 Å². The van der Waals surface area contributed by atoms with Crippen molar-refractivity contribution >= 4 is 5.91 Å². The van der Waals surface area contributed by atoms with Crippen molar-refractivity contribution in [2.45, 2.75) is 110 Å². The number of aliphatic hydroxyl groups is 1. The lowest BCUT2D eigenvalue weighted by atomic mass is 9.47. The second-order valence-corrected chi connectivity index (χ2v) is 14.6. The average Bonchev–Trinajstić information content (AvgIpc) is 3.47. The zero-order valence-electron chi connectivity index (χ0n) is 23.3. The number of ether oxygens (including phenoxy) is 1. The SMILES string of the molecule is C[C@H](CCC(=O)N1CCC2(CCOC2)CC1)[C@H]1CC[C@H]2[C@@H]3CC=C4C[C@@H](O)CC[C@]4(C)[C@H]3CC[C@]12C. The molecule has 6 aliphatic rings. The van der Waals surface area contributed by atoms with E-state index >= 15 is 0 Å². The van der Waals surface area contributed by atoms with Crippen LogP contribution in [0.15, 0.2) is 11.6 Å². The predicted octanol–water partition coefficient (Wildman–Crippen LogP) is 6.37. The first-order chi connectivity index (χ1) is 17.2. The topological polar surface area (TPSA) is 49.8 Å². The fourth-order valence-corrected chi connectivity index (χ4v) is 10.6. The molecule has 4 nitrogen and oxygen atoms in total. The van der Waals surface area contributed by atoms with Crippen molar-refractivity contribution in [3.63, 3.8) is 0 Å². The first-order valence-electron chi connectivity index (χ1n) is 15.5. The fourth-order valence-electron chi connectivity index (χ4n) is 10.6. The molecule has 36 heavy (non-hydrogen) atoms. The molecule has 1 amide bonds. The summed E-state index contributed by atoms with van der Waals surface area (Å²) in [4.78, 5) is 15.3. The number of amides is 1. The van der Waals surface area contributed by atoms with Crippen molar-refractivity contribution in [1.29, 1.82) is 0 Å². The first-order valence-corrected chi connectivity index (χ1v) is 15.5. The van der Waals surface area contributed by atoms with Gasteiger partial charge in [-0.3, -0.25) is 4.79 Å². The number of piperidine rings is 1. The highest BCUT2D eigenvalue weighted by Crippen LogP contribution is 2.67. The average molecular weight is 498 g/mol. The van der Waals surface area contributed by atoms with Gasteiger partial charge in [0.25, 0.3) is 0 Å². The van der Waals surface area contributed by atoms with Gasteiger partial charge in [0.1, 0.15) is 0 Å². The number of allylic oxidation sites excluding steroid dienone is 1. The maximum Gasteiger partial charge on any atom is 0.222 e. The largest absolute Gasteiger partial charge is 0.393 e. The third-order valence-electron chi connectivity index (χ3n) is 13.0. The zero-order valence-corrected chi connectivity index (χ0v) is 23.3. The Bertz CT molecular complexity index is 867. The van der Waals surface area contributed by atoms with Crippen LogP contribution in [0.2, 0.25) is 0 Å². The highest BCUT2D eigenvalue weighted by Gasteiger charge is 2.59. The van der Waals surface area contributed by atoms with Crippen LogP contribution in [-0.4, -0.2) is 48.3 Å². The van der Waals surface area contributed by atoms with Crippen molar-refractivity contribution in [2.75, 3.05) is 26.3 Å². The third kappa shape index (κ3) is 4.12. The normalized spacial score (nSPS) is 44.5. The van der Waals surface area contributed by atoms with E-state index in [9.17, 15) is 9.90 Å². The second-order valence-electron chi connectivity index (χ2n) is 14.6. The van der Waals surface area contributed by atoms with Gasteiger partial charge in [0.2, 0.25) is 5.91 Å². The van der Waals surface area contributed by atoms with Gasteiger partial charge < -0.3 is 14.7 Å². The van der Waals surface area contributed by atoms with Gasteiger partial charge in [-0.05, 0) is 123 Å². The fraction of sp³-hybridized carbons (Fsp3) is 0.906. The van der Waals surface area contributed by atoms with Crippen molar-refractivity contribution in [3.8, 4) is 0 Å². The van der Waals surface area contributed by atoms with Crippen molar-refractivity contribution in [3.05, 3.63) is 11.6 Å². The predicted molar refractivity (Wildman–Crippen MR) is 143 cm³/mol. The smallest absolute Gasteiger partial charge is 0.222 e. The van der Waals surface area contributed by atoms with Crippen LogP contribution < -0.4 is 0 Å². The molecule has 0 aromatic carbocycles. The zero-order chi connectivity index (χ0) is 25.1. The summed E-state index contributed by atoms with van der Waals surface area (Å²) in [6.07, 6.45) is 17.5. The van der Waals surface area contributed by atoms with Gasteiger partial charge in [0.15, 0.2) is 0 Å². The quantitative estimate of drug-likeness (QED) is 0.459. The number of nitrogens with zero attached hydrogens (tertiary/aromatic N) is 1. The Labute approximate surface area is 219 Å². The summed E-state index contributed by atoms with van der Waals surface area (Å²) in [5.41, 5.74) is 2.73. The Balaban J connectivity index is 1.06. The Morgan fingerprint density at radius 2 is 1.89 bits per heavy atom. The van der Waals surface area contributed by atoms with Gasteiger partial charge in [-0.1, -0.05) is 32.4 Å². The van der Waals surface area contributed by atoms with E-state index in [1.807, 2.05) is 0 Å². The monoisotopic (exact) mass is 497 g/mol. The van der Waals surface area contributed by atoms with E-state index in [-0.39, 0.29) is 6.10 Å². The summed E-state index contributed by atoms with van der Waals surface area (Å²) < 4.78 is 5.67. The summed E-state index contributed by atoms with van der Waals surface area (Å²) in [6, 6.07) is 0. The molecule has 2 heterocycles. The van der Waals surface area contributed by atoms with E-state index in [2.05, 4.69) is 31.7 Å². The molecule has 3 saturated carbocycles. The Morgan fingerprint density at radius 3 is 2.64 bits per heavy atom. The molecule has 5 fully saturated rings. The van der Waals surface area contributed by atoms with E-state index in [1.54, 1.807) is 5.57 Å². The summed E-state index contributed by atoms with van der Waals surface area (Å²) >= 11 is 0. The summed E-state index contributed by atoms with van der Waals surface area (Å²) in [5.74, 6) is 4.28. The highest BCUT2D eigenvalue weighted by molar-refractivity contribution is 5.76. The Morgan fingerprint density at radius 1 is 1.08 bits per heavy atom. The van der Waals surface area contributed by atoms with E-state index in [1.165, 1.54) is 44.9 Å². The molecule has 8 atom stereocenters. The lowest BCUT2D eigenvalue weighted by Gasteiger charge is -2.58. The molecule has 0 bridgehead atoms. The van der Waals surface area contributed by atoms with Crippen molar-refractivity contribution in [2.24, 2.45) is 45.8 Å². The molecular weight excluding hydrogens is 446 g/mol. The first kappa shape index (κ1) is 25.4. The second kappa shape index (κ2) is 9.40. The number of carbonyl (C=O) groups is 1. The number of fused-ring (bicyclic) bond motifs is 5. The third-order valence-corrected chi connectivity index (χ3v) is 13.0. The van der Waals surface area contributed by atoms with Crippen LogP contribution in [0.4, 0.5) is 0 Å². The van der Waals surface area contributed by atoms with Crippen molar-refractivity contribution in [1.82, 2.24) is 4.90 Å². The highest BCUT2D eigenvalue weighted by atomic mass is 16.5. The number of hydrogen-bond acceptors (Lipinski definition) is 3. The van der Waals surface area contributed by atoms with Crippen LogP contribution in [0.3, 0.4) is 0 Å². The molecule has 2 saturated heterocycles. The van der Waals surface area contributed by atoms with Crippen LogP contribution in [0.25, 0.3) is 0 Å². The maximum atomic E-state index is 13.1. The van der Waals surface area contributed by atoms with Gasteiger partial charge >= 0.3 is 0 Å². The number of hydrogen-bond donors (Lipinski definition) is 1. The van der Waals surface area contributed by atoms with E-state index in [0.717, 1.165) is 88.5 Å². The molecule has 0 unspecified atom stereocenters.